The summed E-state index contributed by atoms with van der Waals surface area (Å²) in [5, 5.41) is 7.65. The Morgan fingerprint density at radius 1 is 1.19 bits per heavy atom. The summed E-state index contributed by atoms with van der Waals surface area (Å²) in [6.07, 6.45) is 0.470. The van der Waals surface area contributed by atoms with E-state index in [0.29, 0.717) is 28.6 Å². The number of nitrogens with zero attached hydrogens (tertiary/aromatic N) is 2. The summed E-state index contributed by atoms with van der Waals surface area (Å²) in [4.78, 5) is 12.9. The summed E-state index contributed by atoms with van der Waals surface area (Å²) in [5.41, 5.74) is 3.39. The second-order valence-electron chi connectivity index (χ2n) is 7.59. The molecule has 0 bridgehead atoms. The second-order valence-corrected chi connectivity index (χ2v) is 10.2. The lowest BCUT2D eigenvalue weighted by atomic mass is 10.1. The van der Waals surface area contributed by atoms with Crippen molar-refractivity contribution in [3.63, 3.8) is 0 Å². The number of nitrogens with one attached hydrogen (secondary N) is 1. The SMILES string of the molecule is COc1ccc(NC(=O)c2cc(-c3ccc(C)cc3)n([C@@H]3CCS(=O)(=O)C3)n2)cc1Cl. The number of carbonyl (C=O) groups excluding carboxylic acids is 1. The first kappa shape index (κ1) is 21.4. The molecule has 0 aliphatic carbocycles. The zero-order chi connectivity index (χ0) is 22.2. The Labute approximate surface area is 185 Å². The van der Waals surface area contributed by atoms with E-state index in [-0.39, 0.29) is 23.2 Å². The lowest BCUT2D eigenvalue weighted by Crippen LogP contribution is -2.16. The molecule has 0 spiro atoms. The maximum absolute atomic E-state index is 12.9. The minimum atomic E-state index is -3.11. The zero-order valence-corrected chi connectivity index (χ0v) is 18.7. The molecule has 0 radical (unpaired) electrons. The predicted molar refractivity (Wildman–Crippen MR) is 121 cm³/mol. The molecule has 1 amide bonds. The van der Waals surface area contributed by atoms with Crippen LogP contribution in [0.25, 0.3) is 11.3 Å². The zero-order valence-electron chi connectivity index (χ0n) is 17.1. The average molecular weight is 460 g/mol. The fourth-order valence-electron chi connectivity index (χ4n) is 3.63. The van der Waals surface area contributed by atoms with Gasteiger partial charge < -0.3 is 10.1 Å². The molecule has 1 aliphatic heterocycles. The Morgan fingerprint density at radius 3 is 2.55 bits per heavy atom. The van der Waals surface area contributed by atoms with Crippen molar-refractivity contribution >= 4 is 33.0 Å². The van der Waals surface area contributed by atoms with E-state index in [9.17, 15) is 13.2 Å². The van der Waals surface area contributed by atoms with Gasteiger partial charge in [-0.3, -0.25) is 9.48 Å². The van der Waals surface area contributed by atoms with Gasteiger partial charge in [0.1, 0.15) is 5.75 Å². The molecule has 1 aliphatic rings. The van der Waals surface area contributed by atoms with Crippen molar-refractivity contribution in [3.8, 4) is 17.0 Å². The van der Waals surface area contributed by atoms with Crippen molar-refractivity contribution in [3.05, 3.63) is 64.8 Å². The summed E-state index contributed by atoms with van der Waals surface area (Å²) >= 11 is 6.14. The van der Waals surface area contributed by atoms with Gasteiger partial charge in [-0.2, -0.15) is 5.10 Å². The van der Waals surface area contributed by atoms with Crippen LogP contribution in [0.4, 0.5) is 5.69 Å². The molecular formula is C22H22ClN3O4S. The number of anilines is 1. The maximum Gasteiger partial charge on any atom is 0.276 e. The molecule has 2 aromatic carbocycles. The number of carbonyl (C=O) groups is 1. The fraction of sp³-hybridized carbons (Fsp3) is 0.273. The molecule has 1 atom stereocenters. The van der Waals surface area contributed by atoms with E-state index in [1.54, 1.807) is 28.9 Å². The van der Waals surface area contributed by atoms with Crippen LogP contribution in [0.3, 0.4) is 0 Å². The van der Waals surface area contributed by atoms with Gasteiger partial charge in [0.05, 0.1) is 35.4 Å². The molecule has 0 unspecified atom stereocenters. The van der Waals surface area contributed by atoms with E-state index < -0.39 is 15.7 Å². The highest BCUT2D eigenvalue weighted by atomic mass is 35.5. The van der Waals surface area contributed by atoms with Crippen molar-refractivity contribution in [1.29, 1.82) is 0 Å². The molecule has 1 aromatic heterocycles. The van der Waals surface area contributed by atoms with Crippen molar-refractivity contribution in [2.75, 3.05) is 23.9 Å². The highest BCUT2D eigenvalue weighted by Gasteiger charge is 2.32. The summed E-state index contributed by atoms with van der Waals surface area (Å²) in [7, 11) is -1.59. The number of rotatable bonds is 5. The Hall–Kier alpha value is -2.84. The van der Waals surface area contributed by atoms with Crippen LogP contribution in [0.2, 0.25) is 5.02 Å². The van der Waals surface area contributed by atoms with Gasteiger partial charge in [-0.15, -0.1) is 0 Å². The number of ether oxygens (including phenoxy) is 1. The van der Waals surface area contributed by atoms with Gasteiger partial charge >= 0.3 is 0 Å². The van der Waals surface area contributed by atoms with Gasteiger partial charge in [0, 0.05) is 5.69 Å². The first-order valence-corrected chi connectivity index (χ1v) is 12.0. The first-order valence-electron chi connectivity index (χ1n) is 9.77. The van der Waals surface area contributed by atoms with Crippen LogP contribution in [-0.4, -0.2) is 42.7 Å². The molecule has 1 N–H and O–H groups in total. The molecular weight excluding hydrogens is 438 g/mol. The monoisotopic (exact) mass is 459 g/mol. The van der Waals surface area contributed by atoms with Crippen LogP contribution in [0.1, 0.15) is 28.5 Å². The van der Waals surface area contributed by atoms with Crippen molar-refractivity contribution in [2.24, 2.45) is 0 Å². The number of hydrogen-bond acceptors (Lipinski definition) is 5. The molecule has 9 heteroatoms. The predicted octanol–water partition coefficient (Wildman–Crippen LogP) is 4.13. The average Bonchev–Trinajstić information content (AvgIpc) is 3.32. The third kappa shape index (κ3) is 4.60. The van der Waals surface area contributed by atoms with E-state index in [1.807, 2.05) is 31.2 Å². The number of aryl methyl sites for hydroxylation is 1. The lowest BCUT2D eigenvalue weighted by Gasteiger charge is -2.13. The Morgan fingerprint density at radius 2 is 1.94 bits per heavy atom. The number of halogens is 1. The quantitative estimate of drug-likeness (QED) is 0.619. The molecule has 162 valence electrons. The molecule has 1 fully saturated rings. The standard InChI is InChI=1S/C22H22ClN3O4S/c1-14-3-5-15(6-4-14)20-12-19(25-26(20)17-9-10-31(28,29)13-17)22(27)24-16-7-8-21(30-2)18(23)11-16/h3-8,11-12,17H,9-10,13H2,1-2H3,(H,24,27)/t17-/m1/s1. The molecule has 1 saturated heterocycles. The Bertz CT molecular complexity index is 1240. The maximum atomic E-state index is 12.9. The normalized spacial score (nSPS) is 17.5. The third-order valence-corrected chi connectivity index (χ3v) is 7.33. The van der Waals surface area contributed by atoms with Crippen LogP contribution in [-0.2, 0) is 9.84 Å². The topological polar surface area (TPSA) is 90.3 Å². The highest BCUT2D eigenvalue weighted by molar-refractivity contribution is 7.91. The van der Waals surface area contributed by atoms with Gasteiger partial charge in [-0.05, 0) is 43.2 Å². The smallest absolute Gasteiger partial charge is 0.276 e. The number of methoxy groups -OCH3 is 1. The van der Waals surface area contributed by atoms with Gasteiger partial charge in [0.2, 0.25) is 0 Å². The summed E-state index contributed by atoms with van der Waals surface area (Å²) in [5.74, 6) is 0.238. The molecule has 0 saturated carbocycles. The summed E-state index contributed by atoms with van der Waals surface area (Å²) in [6, 6.07) is 14.2. The summed E-state index contributed by atoms with van der Waals surface area (Å²) < 4.78 is 30.9. The molecule has 7 nitrogen and oxygen atoms in total. The Balaban J connectivity index is 1.68. The summed E-state index contributed by atoms with van der Waals surface area (Å²) in [6.45, 7) is 1.99. The highest BCUT2D eigenvalue weighted by Crippen LogP contribution is 2.31. The first-order chi connectivity index (χ1) is 14.8. The largest absolute Gasteiger partial charge is 0.495 e. The van der Waals surface area contributed by atoms with Gasteiger partial charge in [0.15, 0.2) is 15.5 Å². The van der Waals surface area contributed by atoms with E-state index in [0.717, 1.165) is 11.1 Å². The second kappa shape index (κ2) is 8.36. The third-order valence-electron chi connectivity index (χ3n) is 5.28. The van der Waals surface area contributed by atoms with E-state index in [2.05, 4.69) is 10.4 Å². The van der Waals surface area contributed by atoms with Gasteiger partial charge in [0.25, 0.3) is 5.91 Å². The van der Waals surface area contributed by atoms with Crippen LogP contribution < -0.4 is 10.1 Å². The Kier molecular flexibility index (Phi) is 5.77. The number of benzene rings is 2. The van der Waals surface area contributed by atoms with Crippen LogP contribution in [0.15, 0.2) is 48.5 Å². The number of hydrogen-bond donors (Lipinski definition) is 1. The molecule has 3 aromatic rings. The lowest BCUT2D eigenvalue weighted by molar-refractivity contribution is 0.102. The minimum absolute atomic E-state index is 0.0166. The van der Waals surface area contributed by atoms with Crippen molar-refractivity contribution in [2.45, 2.75) is 19.4 Å². The number of aromatic nitrogens is 2. The van der Waals surface area contributed by atoms with Crippen LogP contribution in [0, 0.1) is 6.92 Å². The van der Waals surface area contributed by atoms with Crippen molar-refractivity contribution < 1.29 is 17.9 Å². The van der Waals surface area contributed by atoms with E-state index in [1.165, 1.54) is 7.11 Å². The van der Waals surface area contributed by atoms with Gasteiger partial charge in [-0.25, -0.2) is 8.42 Å². The van der Waals surface area contributed by atoms with Gasteiger partial charge in [-0.1, -0.05) is 41.4 Å². The van der Waals surface area contributed by atoms with Crippen LogP contribution in [0.5, 0.6) is 5.75 Å². The van der Waals surface area contributed by atoms with E-state index >= 15 is 0 Å². The molecule has 31 heavy (non-hydrogen) atoms. The fourth-order valence-corrected chi connectivity index (χ4v) is 5.58. The number of amides is 1. The van der Waals surface area contributed by atoms with Crippen molar-refractivity contribution in [1.82, 2.24) is 9.78 Å². The van der Waals surface area contributed by atoms with Crippen LogP contribution >= 0.6 is 11.6 Å². The number of sulfone groups is 1. The molecule has 2 heterocycles. The molecule has 4 rings (SSSR count). The van der Waals surface area contributed by atoms with E-state index in [4.69, 9.17) is 16.3 Å². The minimum Gasteiger partial charge on any atom is -0.495 e.